The van der Waals surface area contributed by atoms with Crippen molar-refractivity contribution < 1.29 is 0 Å². The van der Waals surface area contributed by atoms with Crippen LogP contribution in [0.1, 0.15) is 22.3 Å². The maximum absolute atomic E-state index is 8.81. The van der Waals surface area contributed by atoms with Crippen LogP contribution in [0.4, 0.5) is 0 Å². The molecule has 0 saturated carbocycles. The quantitative estimate of drug-likeness (QED) is 0.486. The Kier molecular flexibility index (Phi) is 2.25. The summed E-state index contributed by atoms with van der Waals surface area (Å²) in [6, 6.07) is 22.8. The van der Waals surface area contributed by atoms with Crippen molar-refractivity contribution in [1.29, 1.82) is 5.26 Å². The molecule has 0 heterocycles. The van der Waals surface area contributed by atoms with E-state index in [-0.39, 0.29) is 0 Å². The van der Waals surface area contributed by atoms with E-state index in [1.165, 1.54) is 27.5 Å². The molecular weight excluding hydrogens is 242 g/mol. The number of fused-ring (bicyclic) bond motifs is 2. The molecule has 0 fully saturated rings. The second-order valence-electron chi connectivity index (χ2n) is 5.04. The van der Waals surface area contributed by atoms with Crippen LogP contribution >= 0.6 is 0 Å². The van der Waals surface area contributed by atoms with E-state index in [4.69, 9.17) is 5.26 Å². The molecule has 0 aliphatic heterocycles. The highest BCUT2D eigenvalue weighted by molar-refractivity contribution is 6.11. The lowest BCUT2D eigenvalue weighted by Crippen LogP contribution is -1.74. The van der Waals surface area contributed by atoms with Gasteiger partial charge < -0.3 is 0 Å². The van der Waals surface area contributed by atoms with Crippen molar-refractivity contribution in [2.24, 2.45) is 0 Å². The molecule has 3 aromatic rings. The molecule has 1 aliphatic rings. The highest BCUT2D eigenvalue weighted by Crippen LogP contribution is 2.45. The van der Waals surface area contributed by atoms with E-state index in [0.29, 0.717) is 5.56 Å². The first-order valence-electron chi connectivity index (χ1n) is 6.60. The monoisotopic (exact) mass is 253 g/mol. The molecule has 1 nitrogen and oxygen atoms in total. The van der Waals surface area contributed by atoms with E-state index >= 15 is 0 Å². The van der Waals surface area contributed by atoms with Crippen molar-refractivity contribution in [3.63, 3.8) is 0 Å². The van der Waals surface area contributed by atoms with Crippen LogP contribution in [0.15, 0.2) is 60.7 Å². The van der Waals surface area contributed by atoms with Crippen molar-refractivity contribution in [3.05, 3.63) is 82.9 Å². The topological polar surface area (TPSA) is 23.8 Å². The first-order chi connectivity index (χ1) is 9.85. The predicted molar refractivity (Wildman–Crippen MR) is 82.1 cm³/mol. The van der Waals surface area contributed by atoms with Gasteiger partial charge in [-0.05, 0) is 63.4 Å². The number of benzene rings is 3. The third kappa shape index (κ3) is 1.71. The van der Waals surface area contributed by atoms with Gasteiger partial charge in [0.25, 0.3) is 0 Å². The Bertz CT molecular complexity index is 849. The Labute approximate surface area is 117 Å². The van der Waals surface area contributed by atoms with Gasteiger partial charge in [0, 0.05) is 0 Å². The Morgan fingerprint density at radius 3 is 1.95 bits per heavy atom. The van der Waals surface area contributed by atoms with E-state index in [1.54, 1.807) is 0 Å². The van der Waals surface area contributed by atoms with Crippen molar-refractivity contribution in [2.45, 2.75) is 0 Å². The molecule has 1 aliphatic carbocycles. The zero-order valence-electron chi connectivity index (χ0n) is 10.8. The summed E-state index contributed by atoms with van der Waals surface area (Å²) >= 11 is 0. The molecule has 1 heteroatoms. The zero-order chi connectivity index (χ0) is 13.5. The van der Waals surface area contributed by atoms with Gasteiger partial charge in [0.1, 0.15) is 0 Å². The Morgan fingerprint density at radius 2 is 1.40 bits per heavy atom. The fraction of sp³-hybridized carbons (Fsp3) is 0. The summed E-state index contributed by atoms with van der Waals surface area (Å²) in [6.07, 6.45) is 2.19. The SMILES string of the molecule is N#Cc1ccc(C=C2c3cc4ccccc4cc32)cc1. The minimum atomic E-state index is 0.700. The summed E-state index contributed by atoms with van der Waals surface area (Å²) in [5.41, 5.74) is 5.83. The average molecular weight is 253 g/mol. The van der Waals surface area contributed by atoms with Gasteiger partial charge in [0.2, 0.25) is 0 Å². The van der Waals surface area contributed by atoms with Crippen LogP contribution in [0, 0.1) is 11.3 Å². The normalized spacial score (nSPS) is 11.8. The van der Waals surface area contributed by atoms with Crippen molar-refractivity contribution in [3.8, 4) is 6.07 Å². The van der Waals surface area contributed by atoms with Gasteiger partial charge in [-0.15, -0.1) is 0 Å². The Morgan fingerprint density at radius 1 is 0.800 bits per heavy atom. The fourth-order valence-corrected chi connectivity index (χ4v) is 2.61. The molecule has 0 spiro atoms. The lowest BCUT2D eigenvalue weighted by atomic mass is 10.1. The van der Waals surface area contributed by atoms with Gasteiger partial charge >= 0.3 is 0 Å². The first-order valence-corrected chi connectivity index (χ1v) is 6.60. The van der Waals surface area contributed by atoms with Crippen LogP contribution in [0.2, 0.25) is 0 Å². The number of hydrogen-bond acceptors (Lipinski definition) is 1. The molecule has 0 saturated heterocycles. The summed E-state index contributed by atoms with van der Waals surface area (Å²) < 4.78 is 0. The molecule has 0 bridgehead atoms. The summed E-state index contributed by atoms with van der Waals surface area (Å²) in [4.78, 5) is 0. The molecule has 20 heavy (non-hydrogen) atoms. The van der Waals surface area contributed by atoms with Crippen LogP contribution in [-0.2, 0) is 0 Å². The Balaban J connectivity index is 1.74. The largest absolute Gasteiger partial charge is 0.192 e. The number of rotatable bonds is 1. The van der Waals surface area contributed by atoms with Gasteiger partial charge in [0.05, 0.1) is 11.6 Å². The molecule has 0 aromatic heterocycles. The number of nitrogens with zero attached hydrogens (tertiary/aromatic N) is 1. The van der Waals surface area contributed by atoms with Crippen LogP contribution in [0.5, 0.6) is 0 Å². The van der Waals surface area contributed by atoms with Crippen LogP contribution < -0.4 is 0 Å². The van der Waals surface area contributed by atoms with E-state index in [1.807, 2.05) is 24.3 Å². The molecule has 0 atom stereocenters. The molecule has 0 amide bonds. The van der Waals surface area contributed by atoms with Crippen molar-refractivity contribution in [2.75, 3.05) is 0 Å². The van der Waals surface area contributed by atoms with Gasteiger partial charge in [-0.2, -0.15) is 5.26 Å². The Hall–Kier alpha value is -2.85. The van der Waals surface area contributed by atoms with Crippen molar-refractivity contribution >= 4 is 22.4 Å². The van der Waals surface area contributed by atoms with Gasteiger partial charge in [0.15, 0.2) is 0 Å². The standard InChI is InChI=1S/C19H11N/c20-12-14-7-5-13(6-8-14)9-17-18-10-15-3-1-2-4-16(15)11-19(17)18/h1-11H. The number of hydrogen-bond donors (Lipinski definition) is 0. The van der Waals surface area contributed by atoms with Crippen molar-refractivity contribution in [1.82, 2.24) is 0 Å². The van der Waals surface area contributed by atoms with Crippen LogP contribution in [-0.4, -0.2) is 0 Å². The molecular formula is C19H11N. The molecule has 3 aromatic carbocycles. The maximum atomic E-state index is 8.81. The second-order valence-corrected chi connectivity index (χ2v) is 5.04. The second kappa shape index (κ2) is 4.08. The van der Waals surface area contributed by atoms with Crippen LogP contribution in [0.3, 0.4) is 0 Å². The predicted octanol–water partition coefficient (Wildman–Crippen LogP) is 4.61. The third-order valence-electron chi connectivity index (χ3n) is 3.75. The van der Waals surface area contributed by atoms with Gasteiger partial charge in [-0.1, -0.05) is 36.4 Å². The molecule has 0 unspecified atom stereocenters. The van der Waals surface area contributed by atoms with E-state index < -0.39 is 0 Å². The number of nitriles is 1. The molecule has 0 N–H and O–H groups in total. The smallest absolute Gasteiger partial charge is 0.0991 e. The molecule has 92 valence electrons. The summed E-state index contributed by atoms with van der Waals surface area (Å²) in [5, 5.41) is 11.4. The molecule has 0 radical (unpaired) electrons. The lowest BCUT2D eigenvalue weighted by molar-refractivity contribution is 1.48. The fourth-order valence-electron chi connectivity index (χ4n) is 2.61. The van der Waals surface area contributed by atoms with Gasteiger partial charge in [-0.3, -0.25) is 0 Å². The maximum Gasteiger partial charge on any atom is 0.0991 e. The highest BCUT2D eigenvalue weighted by atomic mass is 14.3. The minimum Gasteiger partial charge on any atom is -0.192 e. The van der Waals surface area contributed by atoms with Gasteiger partial charge in [-0.25, -0.2) is 0 Å². The highest BCUT2D eigenvalue weighted by Gasteiger charge is 2.24. The minimum absolute atomic E-state index is 0.700. The van der Waals surface area contributed by atoms with E-state index in [9.17, 15) is 0 Å². The van der Waals surface area contributed by atoms with E-state index in [2.05, 4.69) is 48.5 Å². The third-order valence-corrected chi connectivity index (χ3v) is 3.75. The van der Waals surface area contributed by atoms with Crippen LogP contribution in [0.25, 0.3) is 22.4 Å². The lowest BCUT2D eigenvalue weighted by Gasteiger charge is -1.91. The summed E-state index contributed by atoms with van der Waals surface area (Å²) in [7, 11) is 0. The summed E-state index contributed by atoms with van der Waals surface area (Å²) in [5.74, 6) is 0. The average Bonchev–Trinajstić information content (AvgIpc) is 3.17. The zero-order valence-corrected chi connectivity index (χ0v) is 10.8. The molecule has 4 rings (SSSR count). The van der Waals surface area contributed by atoms with E-state index in [0.717, 1.165) is 5.56 Å². The summed E-state index contributed by atoms with van der Waals surface area (Å²) in [6.45, 7) is 0. The first kappa shape index (κ1) is 11.0.